The van der Waals surface area contributed by atoms with Crippen LogP contribution in [-0.4, -0.2) is 88.0 Å². The van der Waals surface area contributed by atoms with Gasteiger partial charge in [-0.05, 0) is 147 Å². The van der Waals surface area contributed by atoms with Crippen molar-refractivity contribution >= 4 is 18.2 Å². The molecule has 0 radical (unpaired) electrons. The van der Waals surface area contributed by atoms with Gasteiger partial charge in [-0.2, -0.15) is 0 Å². The number of allylic oxidation sites excluding steroid dienone is 6. The molecule has 0 saturated carbocycles. The van der Waals surface area contributed by atoms with E-state index in [1.165, 1.54) is 27.9 Å². The summed E-state index contributed by atoms with van der Waals surface area (Å²) in [6, 6.07) is -0.408. The van der Waals surface area contributed by atoms with Crippen molar-refractivity contribution in [2.75, 3.05) is 0 Å². The van der Waals surface area contributed by atoms with Crippen molar-refractivity contribution in [3.8, 4) is 0 Å². The van der Waals surface area contributed by atoms with Crippen LogP contribution in [0.5, 0.6) is 0 Å². The van der Waals surface area contributed by atoms with Crippen LogP contribution < -0.4 is 21.3 Å². The molecule has 11 unspecified atom stereocenters. The molecule has 5 rings (SSSR count). The van der Waals surface area contributed by atoms with E-state index < -0.39 is 18.0 Å². The Hall–Kier alpha value is -3.41. The third-order valence-corrected chi connectivity index (χ3v) is 14.3. The summed E-state index contributed by atoms with van der Waals surface area (Å²) in [7, 11) is 0. The Morgan fingerprint density at radius 3 is 1.93 bits per heavy atom. The van der Waals surface area contributed by atoms with Gasteiger partial charge in [0.2, 0.25) is 0 Å². The van der Waals surface area contributed by atoms with Crippen molar-refractivity contribution in [1.29, 1.82) is 0 Å². The first-order valence-corrected chi connectivity index (χ1v) is 22.4. The van der Waals surface area contributed by atoms with Gasteiger partial charge in [-0.1, -0.05) is 65.7 Å². The quantitative estimate of drug-likeness (QED) is 0.0538. The molecule has 10 heteroatoms. The third kappa shape index (κ3) is 11.9. The maximum Gasteiger partial charge on any atom is 0.303 e. The van der Waals surface area contributed by atoms with E-state index in [-0.39, 0.29) is 79.4 Å². The lowest BCUT2D eigenvalue weighted by atomic mass is 9.80. The monoisotopic (exact) mass is 815 g/mol. The number of aliphatic hydroxyl groups excluding tert-OH is 1. The molecule has 0 aliphatic carbocycles. The van der Waals surface area contributed by atoms with E-state index in [0.717, 1.165) is 68.0 Å². The summed E-state index contributed by atoms with van der Waals surface area (Å²) >= 11 is 0. The zero-order chi connectivity index (χ0) is 43.0. The van der Waals surface area contributed by atoms with E-state index in [2.05, 4.69) is 94.5 Å². The first-order chi connectivity index (χ1) is 28.1. The molecule has 0 aromatic rings. The van der Waals surface area contributed by atoms with Gasteiger partial charge in [0, 0.05) is 66.7 Å². The lowest BCUT2D eigenvalue weighted by molar-refractivity contribution is -0.138. The smallest absolute Gasteiger partial charge is 0.303 e. The fourth-order valence-corrected chi connectivity index (χ4v) is 11.0. The minimum atomic E-state index is -0.903. The number of aldehydes is 1. The molecular formula is C49H74N4O6. The summed E-state index contributed by atoms with van der Waals surface area (Å²) in [5.41, 5.74) is 10.3. The largest absolute Gasteiger partial charge is 0.481 e. The number of carbonyl (C=O) groups excluding carboxylic acids is 1. The van der Waals surface area contributed by atoms with E-state index in [0.29, 0.717) is 31.3 Å². The lowest BCUT2D eigenvalue weighted by Crippen LogP contribution is -2.46. The van der Waals surface area contributed by atoms with Crippen LogP contribution in [0, 0.1) is 11.8 Å². The van der Waals surface area contributed by atoms with Crippen molar-refractivity contribution in [1.82, 2.24) is 21.3 Å². The Bertz CT molecular complexity index is 1750. The van der Waals surface area contributed by atoms with E-state index in [4.69, 9.17) is 0 Å². The Labute approximate surface area is 353 Å². The standard InChI is InChI=1S/C49H74N4O6/c1-9-34-31(6)39-25-45-49(46(55)18-12-17-30(5)16-11-15-29(4)14-10-13-28(2)3)33(8)40(52-45)24-44-37(27-54)36(20-22-48(58)59)43(53-44)26-42-35(19-21-47(56)57)32(7)38(51-42)23-41(34)50-39/h9,13,15,17,27,32,35,38-46,50-53,55H,1,10-12,14,16,18-26H2,2-8H3,(H,56,57)(H,58,59)/b29-15+,30-17+. The van der Waals surface area contributed by atoms with Gasteiger partial charge in [0.15, 0.2) is 0 Å². The minimum absolute atomic E-state index is 0.00563. The van der Waals surface area contributed by atoms with Crippen molar-refractivity contribution < 1.29 is 29.7 Å². The van der Waals surface area contributed by atoms with E-state index >= 15 is 0 Å². The second-order valence-corrected chi connectivity index (χ2v) is 18.6. The predicted molar refractivity (Wildman–Crippen MR) is 237 cm³/mol. The van der Waals surface area contributed by atoms with Crippen LogP contribution in [0.3, 0.4) is 0 Å². The van der Waals surface area contributed by atoms with Crippen LogP contribution >= 0.6 is 0 Å². The Morgan fingerprint density at radius 2 is 1.29 bits per heavy atom. The molecule has 326 valence electrons. The number of nitrogens with one attached hydrogen (secondary N) is 4. The number of fused-ring (bicyclic) bond motifs is 8. The van der Waals surface area contributed by atoms with Crippen LogP contribution in [0.15, 0.2) is 81.0 Å². The maximum atomic E-state index is 12.9. The second-order valence-electron chi connectivity index (χ2n) is 18.6. The Kier molecular flexibility index (Phi) is 16.9. The number of rotatable bonds is 18. The molecule has 59 heavy (non-hydrogen) atoms. The van der Waals surface area contributed by atoms with Gasteiger partial charge in [-0.25, -0.2) is 0 Å². The molecular weight excluding hydrogens is 741 g/mol. The lowest BCUT2D eigenvalue weighted by Gasteiger charge is -2.28. The van der Waals surface area contributed by atoms with Gasteiger partial charge >= 0.3 is 11.9 Å². The van der Waals surface area contributed by atoms with Crippen molar-refractivity contribution in [2.24, 2.45) is 11.8 Å². The van der Waals surface area contributed by atoms with E-state index in [1.54, 1.807) is 0 Å². The highest BCUT2D eigenvalue weighted by Gasteiger charge is 2.47. The average Bonchev–Trinajstić information content (AvgIpc) is 3.85. The highest BCUT2D eigenvalue weighted by molar-refractivity contribution is 5.79. The zero-order valence-corrected chi connectivity index (χ0v) is 36.9. The highest BCUT2D eigenvalue weighted by atomic mass is 16.4. The molecule has 0 aromatic heterocycles. The molecule has 10 nitrogen and oxygen atoms in total. The summed E-state index contributed by atoms with van der Waals surface area (Å²) in [6.45, 7) is 19.5. The normalized spacial score (nSPS) is 31.9. The molecule has 0 spiro atoms. The number of carboxylic acids is 2. The summed E-state index contributed by atoms with van der Waals surface area (Å²) < 4.78 is 0. The average molecular weight is 815 g/mol. The number of aliphatic carboxylic acids is 2. The summed E-state index contributed by atoms with van der Waals surface area (Å²) in [5, 5.41) is 47.0. The molecule has 5 aliphatic rings. The SMILES string of the molecule is C=CC1=C(C)C2CC3NC(CC4NC(CC5NC(CC1N2)C(C)C5CCC(=O)O)C(CCC(=O)O)=C4C=O)C(C)=C3C(O)CC/C=C(\C)CC/C=C(\C)CCC=C(C)C. The summed E-state index contributed by atoms with van der Waals surface area (Å²) in [4.78, 5) is 36.6. The Morgan fingerprint density at radius 1 is 0.712 bits per heavy atom. The van der Waals surface area contributed by atoms with Crippen LogP contribution in [0.4, 0.5) is 0 Å². The number of carboxylic acid groups (broad SMARTS) is 2. The molecule has 7 N–H and O–H groups in total. The number of aliphatic hydroxyl groups is 1. The fraction of sp³-hybridized carbons (Fsp3) is 0.653. The molecule has 5 aliphatic heterocycles. The zero-order valence-electron chi connectivity index (χ0n) is 36.9. The number of hydrogen-bond donors (Lipinski definition) is 7. The first kappa shape index (κ1) is 46.7. The number of hydrogen-bond acceptors (Lipinski definition) is 8. The van der Waals surface area contributed by atoms with Crippen LogP contribution in [0.2, 0.25) is 0 Å². The molecule has 5 heterocycles. The predicted octanol–water partition coefficient (Wildman–Crippen LogP) is 7.78. The van der Waals surface area contributed by atoms with Crippen LogP contribution in [-0.2, 0) is 14.4 Å². The maximum absolute atomic E-state index is 12.9. The first-order valence-electron chi connectivity index (χ1n) is 22.4. The summed E-state index contributed by atoms with van der Waals surface area (Å²) in [6.07, 6.45) is 18.5. The molecule has 11 atom stereocenters. The topological polar surface area (TPSA) is 160 Å². The van der Waals surface area contributed by atoms with Gasteiger partial charge < -0.3 is 36.6 Å². The van der Waals surface area contributed by atoms with Gasteiger partial charge in [-0.3, -0.25) is 14.4 Å². The third-order valence-electron chi connectivity index (χ3n) is 14.3. The number of carbonyl (C=O) groups is 3. The minimum Gasteiger partial charge on any atom is -0.481 e. The molecule has 2 fully saturated rings. The molecule has 0 aromatic carbocycles. The highest BCUT2D eigenvalue weighted by Crippen LogP contribution is 2.42. The molecule has 0 amide bonds. The van der Waals surface area contributed by atoms with Crippen LogP contribution in [0.25, 0.3) is 0 Å². The van der Waals surface area contributed by atoms with Gasteiger partial charge in [0.05, 0.1) is 6.10 Å². The van der Waals surface area contributed by atoms with Gasteiger partial charge in [-0.15, -0.1) is 0 Å². The molecule has 2 saturated heterocycles. The van der Waals surface area contributed by atoms with Crippen molar-refractivity contribution in [3.63, 3.8) is 0 Å². The Balaban J connectivity index is 1.41. The second kappa shape index (κ2) is 21.4. The fourth-order valence-electron chi connectivity index (χ4n) is 11.0. The summed E-state index contributed by atoms with van der Waals surface area (Å²) in [5.74, 6) is -1.40. The van der Waals surface area contributed by atoms with E-state index in [9.17, 15) is 29.7 Å². The van der Waals surface area contributed by atoms with Gasteiger partial charge in [0.25, 0.3) is 0 Å². The van der Waals surface area contributed by atoms with Crippen LogP contribution in [0.1, 0.15) is 138 Å². The van der Waals surface area contributed by atoms with Crippen molar-refractivity contribution in [2.45, 2.75) is 193 Å². The van der Waals surface area contributed by atoms with Gasteiger partial charge in [0.1, 0.15) is 6.29 Å². The van der Waals surface area contributed by atoms with E-state index in [1.807, 2.05) is 6.08 Å². The molecule has 8 bridgehead atoms. The van der Waals surface area contributed by atoms with Crippen molar-refractivity contribution in [3.05, 3.63) is 81.0 Å².